The molecule has 0 aliphatic carbocycles. The molecule has 1 N–H and O–H groups in total. The topological polar surface area (TPSA) is 46.5 Å². The van der Waals surface area contributed by atoms with Gasteiger partial charge in [0.25, 0.3) is 0 Å². The zero-order chi connectivity index (χ0) is 14.8. The van der Waals surface area contributed by atoms with E-state index in [0.717, 1.165) is 18.6 Å². The highest BCUT2D eigenvalue weighted by Crippen LogP contribution is 2.19. The average molecular weight is 278 g/mol. The Morgan fingerprint density at radius 1 is 1.15 bits per heavy atom. The predicted molar refractivity (Wildman–Crippen MR) is 81.1 cm³/mol. The molecule has 0 bridgehead atoms. The van der Waals surface area contributed by atoms with E-state index in [1.807, 2.05) is 0 Å². The molecule has 0 spiro atoms. The fourth-order valence-electron chi connectivity index (χ4n) is 2.13. The molecular weight excluding hydrogens is 252 g/mol. The van der Waals surface area contributed by atoms with Crippen LogP contribution in [-0.4, -0.2) is 17.5 Å². The maximum Gasteiger partial charge on any atom is 0.163 e. The molecule has 1 rings (SSSR count). The first-order valence-corrected chi connectivity index (χ1v) is 7.55. The molecule has 0 heterocycles. The zero-order valence-electron chi connectivity index (χ0n) is 12.7. The van der Waals surface area contributed by atoms with Crippen molar-refractivity contribution in [2.24, 2.45) is 0 Å². The second kappa shape index (κ2) is 9.54. The molecule has 1 aromatic carbocycles. The SMILES string of the molecule is CCCCCCCCOCc1ccc(O)c(C(C)=O)c1. The fraction of sp³-hybridized carbons (Fsp3) is 0.588. The van der Waals surface area contributed by atoms with E-state index in [9.17, 15) is 9.90 Å². The van der Waals surface area contributed by atoms with Crippen LogP contribution in [0, 0.1) is 0 Å². The molecule has 20 heavy (non-hydrogen) atoms. The molecule has 0 radical (unpaired) electrons. The summed E-state index contributed by atoms with van der Waals surface area (Å²) in [7, 11) is 0. The number of benzene rings is 1. The van der Waals surface area contributed by atoms with Crippen LogP contribution in [0.2, 0.25) is 0 Å². The number of phenolic OH excluding ortho intramolecular Hbond substituents is 1. The zero-order valence-corrected chi connectivity index (χ0v) is 12.7. The van der Waals surface area contributed by atoms with Gasteiger partial charge < -0.3 is 9.84 Å². The third-order valence-electron chi connectivity index (χ3n) is 3.35. The van der Waals surface area contributed by atoms with Crippen LogP contribution in [0.1, 0.15) is 68.3 Å². The van der Waals surface area contributed by atoms with E-state index in [4.69, 9.17) is 4.74 Å². The van der Waals surface area contributed by atoms with Gasteiger partial charge >= 0.3 is 0 Å². The van der Waals surface area contributed by atoms with Crippen molar-refractivity contribution < 1.29 is 14.6 Å². The smallest absolute Gasteiger partial charge is 0.163 e. The Labute approximate surface area is 122 Å². The van der Waals surface area contributed by atoms with E-state index >= 15 is 0 Å². The van der Waals surface area contributed by atoms with Crippen molar-refractivity contribution in [3.05, 3.63) is 29.3 Å². The summed E-state index contributed by atoms with van der Waals surface area (Å²) in [6.45, 7) is 4.92. The van der Waals surface area contributed by atoms with Gasteiger partial charge in [-0.2, -0.15) is 0 Å². The Balaban J connectivity index is 2.22. The summed E-state index contributed by atoms with van der Waals surface area (Å²) in [5.41, 5.74) is 1.30. The van der Waals surface area contributed by atoms with Gasteiger partial charge in [0, 0.05) is 6.61 Å². The second-order valence-corrected chi connectivity index (χ2v) is 5.23. The van der Waals surface area contributed by atoms with Gasteiger partial charge in [0.2, 0.25) is 0 Å². The van der Waals surface area contributed by atoms with Crippen LogP contribution >= 0.6 is 0 Å². The van der Waals surface area contributed by atoms with Crippen LogP contribution in [-0.2, 0) is 11.3 Å². The summed E-state index contributed by atoms with van der Waals surface area (Å²) in [5.74, 6) is -0.0857. The van der Waals surface area contributed by atoms with Gasteiger partial charge in [-0.25, -0.2) is 0 Å². The number of hydrogen-bond acceptors (Lipinski definition) is 3. The third kappa shape index (κ3) is 6.20. The molecule has 112 valence electrons. The summed E-state index contributed by atoms with van der Waals surface area (Å²) >= 11 is 0. The summed E-state index contributed by atoms with van der Waals surface area (Å²) in [4.78, 5) is 11.3. The third-order valence-corrected chi connectivity index (χ3v) is 3.35. The van der Waals surface area contributed by atoms with E-state index < -0.39 is 0 Å². The number of unbranched alkanes of at least 4 members (excludes halogenated alkanes) is 5. The molecule has 0 atom stereocenters. The fourth-order valence-corrected chi connectivity index (χ4v) is 2.13. The lowest BCUT2D eigenvalue weighted by Crippen LogP contribution is -1.99. The molecule has 0 saturated carbocycles. The molecule has 1 aromatic rings. The lowest BCUT2D eigenvalue weighted by atomic mass is 10.1. The Morgan fingerprint density at radius 3 is 2.55 bits per heavy atom. The van der Waals surface area contributed by atoms with Crippen molar-refractivity contribution in [2.45, 2.75) is 59.0 Å². The van der Waals surface area contributed by atoms with Crippen molar-refractivity contribution in [3.63, 3.8) is 0 Å². The Kier molecular flexibility index (Phi) is 7.97. The Bertz CT molecular complexity index is 413. The van der Waals surface area contributed by atoms with Crippen LogP contribution < -0.4 is 0 Å². The molecule has 0 aliphatic rings. The molecule has 0 amide bonds. The summed E-state index contributed by atoms with van der Waals surface area (Å²) in [6.07, 6.45) is 7.50. The summed E-state index contributed by atoms with van der Waals surface area (Å²) in [5, 5.41) is 9.56. The minimum absolute atomic E-state index is 0.0391. The highest BCUT2D eigenvalue weighted by atomic mass is 16.5. The number of aromatic hydroxyl groups is 1. The van der Waals surface area contributed by atoms with Gasteiger partial charge in [0.1, 0.15) is 5.75 Å². The molecule has 3 nitrogen and oxygen atoms in total. The highest BCUT2D eigenvalue weighted by molar-refractivity contribution is 5.96. The standard InChI is InChI=1S/C17H26O3/c1-3-4-5-6-7-8-11-20-13-15-9-10-17(19)16(12-15)14(2)18/h9-10,12,19H,3-8,11,13H2,1-2H3. The Morgan fingerprint density at radius 2 is 1.85 bits per heavy atom. The normalized spacial score (nSPS) is 10.7. The van der Waals surface area contributed by atoms with Gasteiger partial charge in [-0.05, 0) is 31.0 Å². The number of phenols is 1. The van der Waals surface area contributed by atoms with Crippen LogP contribution in [0.4, 0.5) is 0 Å². The first kappa shape index (κ1) is 16.7. The van der Waals surface area contributed by atoms with Crippen molar-refractivity contribution in [3.8, 4) is 5.75 Å². The van der Waals surface area contributed by atoms with E-state index in [-0.39, 0.29) is 11.5 Å². The summed E-state index contributed by atoms with van der Waals surface area (Å²) in [6, 6.07) is 5.06. The number of ketones is 1. The van der Waals surface area contributed by atoms with Crippen molar-refractivity contribution in [1.29, 1.82) is 0 Å². The molecule has 0 fully saturated rings. The van der Waals surface area contributed by atoms with Crippen LogP contribution in [0.25, 0.3) is 0 Å². The van der Waals surface area contributed by atoms with Gasteiger partial charge in [-0.1, -0.05) is 45.1 Å². The second-order valence-electron chi connectivity index (χ2n) is 5.23. The number of hydrogen-bond donors (Lipinski definition) is 1. The molecule has 3 heteroatoms. The van der Waals surface area contributed by atoms with E-state index in [1.54, 1.807) is 18.2 Å². The number of carbonyl (C=O) groups excluding carboxylic acids is 1. The lowest BCUT2D eigenvalue weighted by molar-refractivity contribution is 0.101. The van der Waals surface area contributed by atoms with Crippen molar-refractivity contribution in [2.75, 3.05) is 6.61 Å². The van der Waals surface area contributed by atoms with Crippen LogP contribution in [0.5, 0.6) is 5.75 Å². The Hall–Kier alpha value is -1.35. The largest absolute Gasteiger partial charge is 0.507 e. The van der Waals surface area contributed by atoms with Crippen LogP contribution in [0.3, 0.4) is 0 Å². The summed E-state index contributed by atoms with van der Waals surface area (Å²) < 4.78 is 5.61. The molecule has 0 saturated heterocycles. The molecule has 0 aromatic heterocycles. The quantitative estimate of drug-likeness (QED) is 0.507. The van der Waals surface area contributed by atoms with Crippen molar-refractivity contribution >= 4 is 5.78 Å². The minimum atomic E-state index is -0.125. The first-order valence-electron chi connectivity index (χ1n) is 7.55. The highest BCUT2D eigenvalue weighted by Gasteiger charge is 2.07. The minimum Gasteiger partial charge on any atom is -0.507 e. The van der Waals surface area contributed by atoms with Gasteiger partial charge in [-0.15, -0.1) is 0 Å². The van der Waals surface area contributed by atoms with E-state index in [1.165, 1.54) is 39.0 Å². The first-order chi connectivity index (χ1) is 9.65. The monoisotopic (exact) mass is 278 g/mol. The van der Waals surface area contributed by atoms with Gasteiger partial charge in [0.15, 0.2) is 5.78 Å². The molecule has 0 aliphatic heterocycles. The lowest BCUT2D eigenvalue weighted by Gasteiger charge is -2.07. The maximum absolute atomic E-state index is 11.3. The number of ether oxygens (including phenoxy) is 1. The number of Topliss-reactive ketones (excluding diaryl/α,β-unsaturated/α-hetero) is 1. The number of rotatable bonds is 10. The van der Waals surface area contributed by atoms with Crippen molar-refractivity contribution in [1.82, 2.24) is 0 Å². The van der Waals surface area contributed by atoms with Gasteiger partial charge in [-0.3, -0.25) is 4.79 Å². The molecule has 0 unspecified atom stereocenters. The molecular formula is C17H26O3. The van der Waals surface area contributed by atoms with Gasteiger partial charge in [0.05, 0.1) is 12.2 Å². The maximum atomic E-state index is 11.3. The average Bonchev–Trinajstić information content (AvgIpc) is 2.43. The van der Waals surface area contributed by atoms with E-state index in [2.05, 4.69) is 6.92 Å². The van der Waals surface area contributed by atoms with Crippen LogP contribution in [0.15, 0.2) is 18.2 Å². The number of carbonyl (C=O) groups is 1. The predicted octanol–water partition coefficient (Wildman–Crippen LogP) is 4.47. The van der Waals surface area contributed by atoms with E-state index in [0.29, 0.717) is 12.2 Å².